The Morgan fingerprint density at radius 1 is 1.24 bits per heavy atom. The van der Waals surface area contributed by atoms with E-state index in [0.717, 1.165) is 28.8 Å². The highest BCUT2D eigenvalue weighted by molar-refractivity contribution is 5.93. The minimum atomic E-state index is -2.82. The molecular formula is C27H24F3N5O2. The third-order valence-electron chi connectivity index (χ3n) is 7.12. The highest BCUT2D eigenvalue weighted by Crippen LogP contribution is 2.41. The predicted molar refractivity (Wildman–Crippen MR) is 133 cm³/mol. The molecular weight excluding hydrogens is 483 g/mol. The number of aromatic amines is 1. The highest BCUT2D eigenvalue weighted by Gasteiger charge is 2.58. The van der Waals surface area contributed by atoms with Gasteiger partial charge in [-0.3, -0.25) is 19.5 Å². The van der Waals surface area contributed by atoms with Crippen LogP contribution in [0.3, 0.4) is 0 Å². The number of rotatable bonds is 5. The van der Waals surface area contributed by atoms with Crippen LogP contribution in [0.4, 0.5) is 13.2 Å². The third-order valence-corrected chi connectivity index (χ3v) is 7.12. The molecule has 0 spiro atoms. The van der Waals surface area contributed by atoms with E-state index in [1.807, 2.05) is 18.2 Å². The van der Waals surface area contributed by atoms with E-state index in [1.54, 1.807) is 28.9 Å². The van der Waals surface area contributed by atoms with E-state index in [0.29, 0.717) is 18.6 Å². The van der Waals surface area contributed by atoms with E-state index in [1.165, 1.54) is 6.07 Å². The van der Waals surface area contributed by atoms with Gasteiger partial charge in [0.25, 0.3) is 17.4 Å². The third kappa shape index (κ3) is 4.31. The smallest absolute Gasteiger partial charge is 0.275 e. The maximum absolute atomic E-state index is 13.9. The van der Waals surface area contributed by atoms with Gasteiger partial charge in [0.1, 0.15) is 11.2 Å². The topological polar surface area (TPSA) is 82.5 Å². The summed E-state index contributed by atoms with van der Waals surface area (Å²) in [7, 11) is 0. The standard InChI is InChI=1S/C27H24F3N5O2/c1-15-13-34(14-16-2-5-22-21(10-16)32-26(37)24-19(28)7-9-35(22)24)8-6-18(15)17-3-4-20(31-12-17)25(36)33-23-11-27(23,29)30/h2-7,9-10,12,15,23H,8,11,13-14H2,1H3,(H,32,37)(H,33,36). The van der Waals surface area contributed by atoms with Crippen LogP contribution < -0.4 is 10.9 Å². The van der Waals surface area contributed by atoms with Crippen molar-refractivity contribution in [3.63, 3.8) is 0 Å². The van der Waals surface area contributed by atoms with Crippen LogP contribution in [0.25, 0.3) is 22.1 Å². The quantitative estimate of drug-likeness (QED) is 0.428. The lowest BCUT2D eigenvalue weighted by Gasteiger charge is -2.31. The van der Waals surface area contributed by atoms with E-state index < -0.39 is 29.2 Å². The zero-order valence-corrected chi connectivity index (χ0v) is 20.0. The van der Waals surface area contributed by atoms with Crippen molar-refractivity contribution in [1.82, 2.24) is 24.6 Å². The fourth-order valence-corrected chi connectivity index (χ4v) is 5.08. The van der Waals surface area contributed by atoms with Gasteiger partial charge in [0.2, 0.25) is 0 Å². The number of pyridine rings is 1. The molecule has 1 aromatic carbocycles. The Kier molecular flexibility index (Phi) is 5.45. The average Bonchev–Trinajstić information content (AvgIpc) is 3.26. The minimum Gasteiger partial charge on any atom is -0.342 e. The van der Waals surface area contributed by atoms with Crippen LogP contribution in [-0.2, 0) is 6.54 Å². The van der Waals surface area contributed by atoms with Gasteiger partial charge in [-0.15, -0.1) is 0 Å². The monoisotopic (exact) mass is 507 g/mol. The number of nitrogens with one attached hydrogen (secondary N) is 2. The summed E-state index contributed by atoms with van der Waals surface area (Å²) >= 11 is 0. The predicted octanol–water partition coefficient (Wildman–Crippen LogP) is 3.99. The van der Waals surface area contributed by atoms with E-state index >= 15 is 0 Å². The summed E-state index contributed by atoms with van der Waals surface area (Å²) in [4.78, 5) is 33.7. The number of carbonyl (C=O) groups is 1. The molecule has 2 atom stereocenters. The van der Waals surface area contributed by atoms with Crippen LogP contribution in [0.1, 0.15) is 35.0 Å². The molecule has 3 aromatic heterocycles. The molecule has 0 saturated heterocycles. The molecule has 1 saturated carbocycles. The fraction of sp³-hybridized carbons (Fsp3) is 0.296. The van der Waals surface area contributed by atoms with Crippen molar-refractivity contribution in [3.8, 4) is 0 Å². The molecule has 4 aromatic rings. The number of amides is 1. The summed E-state index contributed by atoms with van der Waals surface area (Å²) in [5.41, 5.74) is 4.07. The van der Waals surface area contributed by atoms with E-state index in [9.17, 15) is 22.8 Å². The van der Waals surface area contributed by atoms with E-state index in [-0.39, 0.29) is 23.5 Å². The van der Waals surface area contributed by atoms with Crippen molar-refractivity contribution >= 4 is 28.0 Å². The highest BCUT2D eigenvalue weighted by atomic mass is 19.3. The number of aromatic nitrogens is 3. The lowest BCUT2D eigenvalue weighted by Crippen LogP contribution is -2.33. The molecule has 1 amide bonds. The summed E-state index contributed by atoms with van der Waals surface area (Å²) in [5.74, 6) is -3.76. The second-order valence-corrected chi connectivity index (χ2v) is 9.87. The van der Waals surface area contributed by atoms with Crippen LogP contribution in [-0.4, -0.2) is 50.2 Å². The first-order valence-electron chi connectivity index (χ1n) is 12.1. The van der Waals surface area contributed by atoms with E-state index in [2.05, 4.69) is 33.2 Å². The first-order chi connectivity index (χ1) is 17.7. The Morgan fingerprint density at radius 3 is 2.76 bits per heavy atom. The van der Waals surface area contributed by atoms with Gasteiger partial charge in [-0.1, -0.05) is 25.1 Å². The lowest BCUT2D eigenvalue weighted by atomic mass is 9.91. The van der Waals surface area contributed by atoms with Gasteiger partial charge in [-0.2, -0.15) is 0 Å². The number of hydrogen-bond acceptors (Lipinski definition) is 4. The van der Waals surface area contributed by atoms with Crippen LogP contribution in [0.2, 0.25) is 0 Å². The lowest BCUT2D eigenvalue weighted by molar-refractivity contribution is 0.0845. The summed E-state index contributed by atoms with van der Waals surface area (Å²) in [5, 5.41) is 2.31. The molecule has 7 nitrogen and oxygen atoms in total. The molecule has 37 heavy (non-hydrogen) atoms. The molecule has 2 unspecified atom stereocenters. The Labute approximate surface area is 209 Å². The number of nitrogens with zero attached hydrogens (tertiary/aromatic N) is 3. The molecule has 1 fully saturated rings. The number of H-pyrrole nitrogens is 1. The van der Waals surface area contributed by atoms with Gasteiger partial charge in [0, 0.05) is 38.4 Å². The van der Waals surface area contributed by atoms with Crippen molar-refractivity contribution in [2.45, 2.75) is 31.9 Å². The second-order valence-electron chi connectivity index (χ2n) is 9.87. The zero-order chi connectivity index (χ0) is 25.9. The maximum Gasteiger partial charge on any atom is 0.275 e. The molecule has 1 aliphatic heterocycles. The van der Waals surface area contributed by atoms with Crippen LogP contribution in [0.15, 0.2) is 59.7 Å². The molecule has 10 heteroatoms. The summed E-state index contributed by atoms with van der Waals surface area (Å²) in [6.45, 7) is 4.28. The maximum atomic E-state index is 13.9. The van der Waals surface area contributed by atoms with Gasteiger partial charge in [-0.05, 0) is 46.9 Å². The van der Waals surface area contributed by atoms with E-state index in [4.69, 9.17) is 0 Å². The first-order valence-corrected chi connectivity index (χ1v) is 12.1. The van der Waals surface area contributed by atoms with Crippen LogP contribution in [0.5, 0.6) is 0 Å². The average molecular weight is 508 g/mol. The SMILES string of the molecule is CC1CN(Cc2ccc3c(c2)[nH]c(=O)c2c(F)ccn23)CC=C1c1ccc(C(=O)NC2CC2(F)F)nc1. The van der Waals surface area contributed by atoms with Gasteiger partial charge < -0.3 is 14.7 Å². The Balaban J connectivity index is 1.15. The Hall–Kier alpha value is -3.92. The zero-order valence-electron chi connectivity index (χ0n) is 20.0. The summed E-state index contributed by atoms with van der Waals surface area (Å²) < 4.78 is 41.6. The van der Waals surface area contributed by atoms with Crippen molar-refractivity contribution in [1.29, 1.82) is 0 Å². The molecule has 2 aliphatic rings. The molecule has 4 heterocycles. The molecule has 6 rings (SSSR count). The fourth-order valence-electron chi connectivity index (χ4n) is 5.08. The number of hydrogen-bond donors (Lipinski definition) is 2. The normalized spacial score (nSPS) is 21.2. The number of halogens is 3. The molecule has 0 bridgehead atoms. The Morgan fingerprint density at radius 2 is 2.05 bits per heavy atom. The van der Waals surface area contributed by atoms with Crippen molar-refractivity contribution < 1.29 is 18.0 Å². The molecule has 2 N–H and O–H groups in total. The van der Waals surface area contributed by atoms with Gasteiger partial charge in [0.15, 0.2) is 5.82 Å². The largest absolute Gasteiger partial charge is 0.342 e. The van der Waals surface area contributed by atoms with Gasteiger partial charge in [0.05, 0.1) is 17.1 Å². The first kappa shape index (κ1) is 23.5. The van der Waals surface area contributed by atoms with Gasteiger partial charge >= 0.3 is 0 Å². The summed E-state index contributed by atoms with van der Waals surface area (Å²) in [6.07, 6.45) is 4.97. The number of fused-ring (bicyclic) bond motifs is 3. The van der Waals surface area contributed by atoms with Crippen LogP contribution >= 0.6 is 0 Å². The minimum absolute atomic E-state index is 0.00962. The second kappa shape index (κ2) is 8.58. The number of alkyl halides is 2. The number of benzene rings is 1. The van der Waals surface area contributed by atoms with Crippen molar-refractivity contribution in [2.24, 2.45) is 5.92 Å². The Bertz CT molecular complexity index is 1620. The van der Waals surface area contributed by atoms with Crippen LogP contribution in [0, 0.1) is 11.7 Å². The molecule has 190 valence electrons. The van der Waals surface area contributed by atoms with Crippen molar-refractivity contribution in [2.75, 3.05) is 13.1 Å². The van der Waals surface area contributed by atoms with Gasteiger partial charge in [-0.25, -0.2) is 13.2 Å². The molecule has 0 radical (unpaired) electrons. The molecule has 1 aliphatic carbocycles. The van der Waals surface area contributed by atoms with Crippen molar-refractivity contribution in [3.05, 3.63) is 87.9 Å². The number of carbonyl (C=O) groups excluding carboxylic acids is 1. The summed E-state index contributed by atoms with van der Waals surface area (Å²) in [6, 6.07) is 9.33.